The normalized spacial score (nSPS) is 16.9. The van der Waals surface area contributed by atoms with Gasteiger partial charge in [0.2, 0.25) is 11.8 Å². The molecule has 108 valence electrons. The number of halogens is 1. The van der Waals surface area contributed by atoms with Gasteiger partial charge >= 0.3 is 0 Å². The quantitative estimate of drug-likeness (QED) is 0.862. The van der Waals surface area contributed by atoms with E-state index in [4.69, 9.17) is 5.73 Å². The summed E-state index contributed by atoms with van der Waals surface area (Å²) in [4.78, 5) is 24.8. The summed E-state index contributed by atoms with van der Waals surface area (Å²) in [7, 11) is 0. The predicted molar refractivity (Wildman–Crippen MR) is 73.4 cm³/mol. The van der Waals surface area contributed by atoms with Crippen molar-refractivity contribution in [3.05, 3.63) is 30.1 Å². The first-order valence-corrected chi connectivity index (χ1v) is 6.62. The highest BCUT2D eigenvalue weighted by Gasteiger charge is 2.24. The molecule has 5 nitrogen and oxygen atoms in total. The van der Waals surface area contributed by atoms with Crippen LogP contribution in [0.15, 0.2) is 24.3 Å². The number of nitrogens with one attached hydrogen (secondary N) is 1. The lowest BCUT2D eigenvalue weighted by atomic mass is 9.96. The van der Waals surface area contributed by atoms with Crippen LogP contribution in [-0.2, 0) is 9.59 Å². The van der Waals surface area contributed by atoms with Crippen molar-refractivity contribution in [1.82, 2.24) is 4.90 Å². The molecule has 0 bridgehead atoms. The van der Waals surface area contributed by atoms with Gasteiger partial charge in [-0.15, -0.1) is 0 Å². The molecule has 20 heavy (non-hydrogen) atoms. The molecule has 1 aliphatic heterocycles. The number of carbonyl (C=O) groups is 2. The Balaban J connectivity index is 1.81. The summed E-state index contributed by atoms with van der Waals surface area (Å²) in [6, 6.07) is 6.05. The second kappa shape index (κ2) is 6.47. The van der Waals surface area contributed by atoms with E-state index in [1.165, 1.54) is 12.1 Å². The van der Waals surface area contributed by atoms with Crippen LogP contribution >= 0.6 is 0 Å². The number of benzene rings is 1. The number of anilines is 1. The summed E-state index contributed by atoms with van der Waals surface area (Å²) < 4.78 is 13.4. The first-order valence-electron chi connectivity index (χ1n) is 6.62. The van der Waals surface area contributed by atoms with Gasteiger partial charge in [0.15, 0.2) is 0 Å². The molecule has 0 spiro atoms. The molecule has 1 aliphatic rings. The van der Waals surface area contributed by atoms with E-state index < -0.39 is 5.82 Å². The number of hydrogen-bond donors (Lipinski definition) is 2. The third-order valence-electron chi connectivity index (χ3n) is 3.51. The van der Waals surface area contributed by atoms with E-state index in [-0.39, 0.29) is 30.0 Å². The number of carbonyl (C=O) groups excluding carboxylic acids is 2. The molecule has 2 amide bonds. The Labute approximate surface area is 116 Å². The van der Waals surface area contributed by atoms with Crippen molar-refractivity contribution in [3.63, 3.8) is 0 Å². The molecule has 1 heterocycles. The largest absolute Gasteiger partial charge is 0.369 e. The molecule has 0 aliphatic carbocycles. The van der Waals surface area contributed by atoms with Crippen LogP contribution in [0.4, 0.5) is 10.1 Å². The van der Waals surface area contributed by atoms with Crippen LogP contribution in [0.1, 0.15) is 12.8 Å². The molecule has 6 heteroatoms. The summed E-state index contributed by atoms with van der Waals surface area (Å²) in [5.74, 6) is -1.08. The van der Waals surface area contributed by atoms with E-state index in [9.17, 15) is 14.0 Å². The van der Waals surface area contributed by atoms with E-state index in [2.05, 4.69) is 5.32 Å². The van der Waals surface area contributed by atoms with Crippen molar-refractivity contribution in [2.75, 3.05) is 25.0 Å². The number of para-hydroxylation sites is 1. The van der Waals surface area contributed by atoms with Crippen LogP contribution in [0.3, 0.4) is 0 Å². The first kappa shape index (κ1) is 14.5. The number of hydrogen-bond acceptors (Lipinski definition) is 3. The molecule has 0 aromatic heterocycles. The van der Waals surface area contributed by atoms with Gasteiger partial charge in [0, 0.05) is 5.92 Å². The minimum atomic E-state index is -0.451. The minimum Gasteiger partial charge on any atom is -0.369 e. The monoisotopic (exact) mass is 279 g/mol. The average molecular weight is 279 g/mol. The van der Waals surface area contributed by atoms with Gasteiger partial charge in [0.05, 0.1) is 12.2 Å². The highest BCUT2D eigenvalue weighted by Crippen LogP contribution is 2.17. The van der Waals surface area contributed by atoms with Gasteiger partial charge in [-0.25, -0.2) is 4.39 Å². The fourth-order valence-corrected chi connectivity index (χ4v) is 2.33. The topological polar surface area (TPSA) is 75.4 Å². The third kappa shape index (κ3) is 3.77. The maximum absolute atomic E-state index is 13.4. The van der Waals surface area contributed by atoms with Gasteiger partial charge in [-0.1, -0.05) is 12.1 Å². The maximum Gasteiger partial charge on any atom is 0.238 e. The Hall–Kier alpha value is -1.95. The molecule has 3 N–H and O–H groups in total. The van der Waals surface area contributed by atoms with Gasteiger partial charge in [-0.05, 0) is 38.1 Å². The number of amides is 2. The zero-order valence-corrected chi connectivity index (χ0v) is 11.1. The Morgan fingerprint density at radius 3 is 2.55 bits per heavy atom. The molecule has 0 radical (unpaired) electrons. The number of nitrogens with zero attached hydrogens (tertiary/aromatic N) is 1. The number of piperidine rings is 1. The highest BCUT2D eigenvalue weighted by atomic mass is 19.1. The van der Waals surface area contributed by atoms with Crippen molar-refractivity contribution in [1.29, 1.82) is 0 Å². The first-order chi connectivity index (χ1) is 9.56. The van der Waals surface area contributed by atoms with E-state index in [0.717, 1.165) is 0 Å². The van der Waals surface area contributed by atoms with E-state index in [1.54, 1.807) is 12.1 Å². The fraction of sp³-hybridized carbons (Fsp3) is 0.429. The summed E-state index contributed by atoms with van der Waals surface area (Å²) in [6.07, 6.45) is 1.34. The minimum absolute atomic E-state index is 0.0964. The predicted octanol–water partition coefficient (Wildman–Crippen LogP) is 0.961. The molecule has 0 unspecified atom stereocenters. The SMILES string of the molecule is NC(=O)C1CCN(CC(=O)Nc2ccccc2F)CC1. The zero-order valence-electron chi connectivity index (χ0n) is 11.1. The summed E-state index contributed by atoms with van der Waals surface area (Å²) in [6.45, 7) is 1.50. The summed E-state index contributed by atoms with van der Waals surface area (Å²) in [5.41, 5.74) is 5.44. The zero-order chi connectivity index (χ0) is 14.5. The molecular weight excluding hydrogens is 261 g/mol. The van der Waals surface area contributed by atoms with Crippen molar-refractivity contribution in [2.45, 2.75) is 12.8 Å². The molecule has 1 aromatic carbocycles. The standard InChI is InChI=1S/C14H18FN3O2/c15-11-3-1-2-4-12(11)17-13(19)9-18-7-5-10(6-8-18)14(16)20/h1-4,10H,5-9H2,(H2,16,20)(H,17,19). The van der Waals surface area contributed by atoms with Gasteiger partial charge in [-0.2, -0.15) is 0 Å². The van der Waals surface area contributed by atoms with Gasteiger partial charge in [0.25, 0.3) is 0 Å². The van der Waals surface area contributed by atoms with Crippen LogP contribution in [0.2, 0.25) is 0 Å². The summed E-state index contributed by atoms with van der Waals surface area (Å²) in [5, 5.41) is 2.54. The molecule has 1 aromatic rings. The van der Waals surface area contributed by atoms with E-state index in [1.807, 2.05) is 4.90 Å². The average Bonchev–Trinajstić information content (AvgIpc) is 2.42. The van der Waals surface area contributed by atoms with Crippen LogP contribution in [0.5, 0.6) is 0 Å². The van der Waals surface area contributed by atoms with Crippen molar-refractivity contribution in [2.24, 2.45) is 11.7 Å². The maximum atomic E-state index is 13.4. The molecule has 0 atom stereocenters. The third-order valence-corrected chi connectivity index (χ3v) is 3.51. The molecule has 1 saturated heterocycles. The van der Waals surface area contributed by atoms with E-state index >= 15 is 0 Å². The Morgan fingerprint density at radius 2 is 1.95 bits per heavy atom. The van der Waals surface area contributed by atoms with Crippen molar-refractivity contribution < 1.29 is 14.0 Å². The highest BCUT2D eigenvalue weighted by molar-refractivity contribution is 5.92. The van der Waals surface area contributed by atoms with Gasteiger partial charge < -0.3 is 11.1 Å². The van der Waals surface area contributed by atoms with E-state index in [0.29, 0.717) is 25.9 Å². The van der Waals surface area contributed by atoms with Crippen LogP contribution in [0.25, 0.3) is 0 Å². The molecule has 2 rings (SSSR count). The number of rotatable bonds is 4. The number of primary amides is 1. The Morgan fingerprint density at radius 1 is 1.30 bits per heavy atom. The second-order valence-corrected chi connectivity index (χ2v) is 4.98. The smallest absolute Gasteiger partial charge is 0.238 e. The number of likely N-dealkylation sites (tertiary alicyclic amines) is 1. The lowest BCUT2D eigenvalue weighted by molar-refractivity contribution is -0.123. The Bertz CT molecular complexity index is 499. The van der Waals surface area contributed by atoms with Crippen LogP contribution < -0.4 is 11.1 Å². The molecular formula is C14H18FN3O2. The van der Waals surface area contributed by atoms with Crippen molar-refractivity contribution in [3.8, 4) is 0 Å². The second-order valence-electron chi connectivity index (χ2n) is 4.98. The lowest BCUT2D eigenvalue weighted by Gasteiger charge is -2.29. The molecule has 1 fully saturated rings. The summed E-state index contributed by atoms with van der Waals surface area (Å²) >= 11 is 0. The number of nitrogens with two attached hydrogens (primary N) is 1. The molecule has 0 saturated carbocycles. The fourth-order valence-electron chi connectivity index (χ4n) is 2.33. The van der Waals surface area contributed by atoms with Gasteiger partial charge in [0.1, 0.15) is 5.82 Å². The van der Waals surface area contributed by atoms with Crippen molar-refractivity contribution >= 4 is 17.5 Å². The van der Waals surface area contributed by atoms with Crippen LogP contribution in [0, 0.1) is 11.7 Å². The van der Waals surface area contributed by atoms with Gasteiger partial charge in [-0.3, -0.25) is 14.5 Å². The Kier molecular flexibility index (Phi) is 4.68. The lowest BCUT2D eigenvalue weighted by Crippen LogP contribution is -2.42. The van der Waals surface area contributed by atoms with Crippen LogP contribution in [-0.4, -0.2) is 36.3 Å².